The van der Waals surface area contributed by atoms with Crippen molar-refractivity contribution in [3.63, 3.8) is 0 Å². The predicted molar refractivity (Wildman–Crippen MR) is 218 cm³/mol. The van der Waals surface area contributed by atoms with Crippen LogP contribution in [0, 0.1) is 0 Å². The SMILES string of the molecule is CCC(F)(F)C=CC(=O)OC(C)(C)C.CCC(F)(F)COC(=O)c1ccccc1.CCCCCC=P(c1ccccc1)(c1ccccc1)c1ccccc1. The first-order valence-corrected chi connectivity index (χ1v) is 20.2. The number of benzene rings is 4. The Morgan fingerprint density at radius 3 is 1.48 bits per heavy atom. The fraction of sp³-hybridized carbons (Fsp3) is 0.356. The second-order valence-corrected chi connectivity index (χ2v) is 16.9. The minimum absolute atomic E-state index is 0.282. The first-order valence-electron chi connectivity index (χ1n) is 18.4. The molecule has 0 saturated heterocycles. The molecule has 54 heavy (non-hydrogen) atoms. The molecule has 0 aromatic heterocycles. The van der Waals surface area contributed by atoms with E-state index in [2.05, 4.69) is 108 Å². The van der Waals surface area contributed by atoms with Crippen LogP contribution in [0.25, 0.3) is 0 Å². The van der Waals surface area contributed by atoms with Crippen molar-refractivity contribution in [3.05, 3.63) is 139 Å². The van der Waals surface area contributed by atoms with Crippen molar-refractivity contribution < 1.29 is 36.6 Å². The summed E-state index contributed by atoms with van der Waals surface area (Å²) in [6.07, 6.45) is 5.68. The summed E-state index contributed by atoms with van der Waals surface area (Å²) in [6.45, 7) is 7.41. The van der Waals surface area contributed by atoms with E-state index in [4.69, 9.17) is 4.74 Å². The van der Waals surface area contributed by atoms with Crippen molar-refractivity contribution in [1.82, 2.24) is 0 Å². The second kappa shape index (κ2) is 22.7. The Labute approximate surface area is 319 Å². The highest BCUT2D eigenvalue weighted by molar-refractivity contribution is 7.94. The van der Waals surface area contributed by atoms with Gasteiger partial charge in [0.25, 0.3) is 11.8 Å². The molecular weight excluding hydrogens is 711 g/mol. The smallest absolute Gasteiger partial charge is 0.338 e. The van der Waals surface area contributed by atoms with Gasteiger partial charge < -0.3 is 9.47 Å². The number of ether oxygens (including phenoxy) is 2. The van der Waals surface area contributed by atoms with Gasteiger partial charge in [0.05, 0.1) is 5.56 Å². The molecule has 0 aliphatic heterocycles. The van der Waals surface area contributed by atoms with Crippen molar-refractivity contribution in [2.45, 2.75) is 97.5 Å². The summed E-state index contributed by atoms with van der Waals surface area (Å²) in [5.41, 5.74) is -0.368. The van der Waals surface area contributed by atoms with E-state index in [1.54, 1.807) is 39.0 Å². The van der Waals surface area contributed by atoms with E-state index >= 15 is 0 Å². The summed E-state index contributed by atoms with van der Waals surface area (Å²) in [7, 11) is 0. The molecule has 0 fully saturated rings. The number of hydrogen-bond acceptors (Lipinski definition) is 4. The molecule has 0 N–H and O–H groups in total. The fourth-order valence-electron chi connectivity index (χ4n) is 5.01. The Morgan fingerprint density at radius 2 is 1.09 bits per heavy atom. The van der Waals surface area contributed by atoms with Gasteiger partial charge in [0.2, 0.25) is 0 Å². The van der Waals surface area contributed by atoms with Gasteiger partial charge in [-0.15, -0.1) is 0 Å². The molecule has 4 rings (SSSR count). The van der Waals surface area contributed by atoms with Gasteiger partial charge in [-0.05, 0) is 74.6 Å². The molecule has 0 spiro atoms. The highest BCUT2D eigenvalue weighted by Gasteiger charge is 2.28. The topological polar surface area (TPSA) is 52.6 Å². The first-order chi connectivity index (χ1) is 25.6. The third kappa shape index (κ3) is 16.3. The quantitative estimate of drug-likeness (QED) is 0.0422. The van der Waals surface area contributed by atoms with Gasteiger partial charge in [-0.25, -0.2) is 27.2 Å². The largest absolute Gasteiger partial charge is 0.457 e. The van der Waals surface area contributed by atoms with Crippen LogP contribution in [0.4, 0.5) is 17.6 Å². The average molecular weight is 767 g/mol. The Kier molecular flexibility index (Phi) is 19.2. The molecule has 0 unspecified atom stereocenters. The number of hydrogen-bond donors (Lipinski definition) is 0. The molecule has 4 aromatic carbocycles. The van der Waals surface area contributed by atoms with E-state index in [1.165, 1.54) is 67.6 Å². The normalized spacial score (nSPS) is 11.7. The van der Waals surface area contributed by atoms with Gasteiger partial charge in [0, 0.05) is 18.9 Å². The van der Waals surface area contributed by atoms with Crippen molar-refractivity contribution in [2.24, 2.45) is 0 Å². The lowest BCUT2D eigenvalue weighted by Crippen LogP contribution is -2.26. The summed E-state index contributed by atoms with van der Waals surface area (Å²) < 4.78 is 60.1. The van der Waals surface area contributed by atoms with Gasteiger partial charge in [0.1, 0.15) is 5.60 Å². The summed E-state index contributed by atoms with van der Waals surface area (Å²) in [4.78, 5) is 22.2. The Bertz CT molecular complexity index is 1630. The molecule has 4 nitrogen and oxygen atoms in total. The van der Waals surface area contributed by atoms with E-state index < -0.39 is 42.9 Å². The minimum atomic E-state index is -2.94. The van der Waals surface area contributed by atoms with Crippen LogP contribution in [0.3, 0.4) is 0 Å². The van der Waals surface area contributed by atoms with Crippen molar-refractivity contribution in [3.8, 4) is 0 Å². The predicted octanol–water partition coefficient (Wildman–Crippen LogP) is 11.2. The maximum Gasteiger partial charge on any atom is 0.338 e. The maximum atomic E-state index is 12.8. The maximum absolute atomic E-state index is 12.8. The molecule has 0 aliphatic rings. The standard InChI is InChI=1S/C24H27P.C11H12F2O2.C10H16F2O2/c1-2-3-4-14-21-25(22-15-8-5-9-16-22,23-17-10-6-11-18-23)24-19-12-7-13-20-24;1-2-11(12,13)8-15-10(14)9-6-4-3-5-7-9;1-5-10(11,12)7-6-8(13)14-9(2,3)4/h5-13,15-21H,2-4,14H2,1H3;3-7H,2,8H2,1H3;6-7H,5H2,1-4H3. The Hall–Kier alpha value is -4.42. The minimum Gasteiger partial charge on any atom is -0.457 e. The molecule has 0 amide bonds. The molecule has 0 bridgehead atoms. The van der Waals surface area contributed by atoms with Gasteiger partial charge in [-0.3, -0.25) is 0 Å². The van der Waals surface area contributed by atoms with E-state index in [-0.39, 0.29) is 18.4 Å². The lowest BCUT2D eigenvalue weighted by molar-refractivity contribution is -0.148. The molecule has 292 valence electrons. The zero-order valence-electron chi connectivity index (χ0n) is 32.3. The zero-order chi connectivity index (χ0) is 40.1. The van der Waals surface area contributed by atoms with Crippen LogP contribution < -0.4 is 15.9 Å². The Balaban J connectivity index is 0.000000301. The summed E-state index contributed by atoms with van der Waals surface area (Å²) in [5.74, 6) is -4.70. The van der Waals surface area contributed by atoms with Crippen LogP contribution in [0.1, 0.15) is 90.4 Å². The second-order valence-electron chi connectivity index (χ2n) is 13.5. The lowest BCUT2D eigenvalue weighted by atomic mass is 10.2. The number of halogens is 4. The van der Waals surface area contributed by atoms with E-state index in [9.17, 15) is 27.2 Å². The van der Waals surface area contributed by atoms with E-state index in [0.29, 0.717) is 6.08 Å². The zero-order valence-corrected chi connectivity index (χ0v) is 33.2. The number of unbranched alkanes of at least 4 members (excludes halogenated alkanes) is 3. The van der Waals surface area contributed by atoms with Crippen LogP contribution in [-0.4, -0.2) is 41.8 Å². The molecule has 4 aromatic rings. The molecule has 0 radical (unpaired) electrons. The summed E-state index contributed by atoms with van der Waals surface area (Å²) in [6, 6.07) is 41.3. The molecule has 0 aliphatic carbocycles. The number of alkyl halides is 4. The number of carbonyl (C=O) groups is 2. The number of esters is 2. The lowest BCUT2D eigenvalue weighted by Gasteiger charge is -2.29. The van der Waals surface area contributed by atoms with Gasteiger partial charge in [-0.2, -0.15) is 0 Å². The van der Waals surface area contributed by atoms with Crippen molar-refractivity contribution >= 4 is 40.5 Å². The van der Waals surface area contributed by atoms with Crippen molar-refractivity contribution in [2.75, 3.05) is 6.61 Å². The van der Waals surface area contributed by atoms with Crippen LogP contribution in [-0.2, 0) is 14.3 Å². The van der Waals surface area contributed by atoms with Gasteiger partial charge in [-0.1, -0.05) is 149 Å². The van der Waals surface area contributed by atoms with Crippen molar-refractivity contribution in [1.29, 1.82) is 0 Å². The third-order valence-corrected chi connectivity index (χ3v) is 12.1. The van der Waals surface area contributed by atoms with Crippen LogP contribution in [0.2, 0.25) is 0 Å². The molecule has 0 heterocycles. The highest BCUT2D eigenvalue weighted by atomic mass is 31.2. The molecular formula is C45H55F4O4P. The summed E-state index contributed by atoms with van der Waals surface area (Å²) in [5, 5.41) is 4.34. The van der Waals surface area contributed by atoms with E-state index in [0.717, 1.165) is 6.08 Å². The molecule has 0 atom stereocenters. The first kappa shape index (κ1) is 45.7. The summed E-state index contributed by atoms with van der Waals surface area (Å²) >= 11 is 0. The average Bonchev–Trinajstić information content (AvgIpc) is 3.18. The van der Waals surface area contributed by atoms with Gasteiger partial charge in [0.15, 0.2) is 6.61 Å². The van der Waals surface area contributed by atoms with Crippen LogP contribution >= 0.6 is 6.89 Å². The fourth-order valence-corrected chi connectivity index (χ4v) is 9.03. The molecule has 9 heteroatoms. The van der Waals surface area contributed by atoms with Gasteiger partial charge >= 0.3 is 11.9 Å². The Morgan fingerprint density at radius 1 is 0.648 bits per heavy atom. The van der Waals surface area contributed by atoms with Crippen LogP contribution in [0.5, 0.6) is 0 Å². The van der Waals surface area contributed by atoms with Crippen LogP contribution in [0.15, 0.2) is 133 Å². The third-order valence-electron chi connectivity index (χ3n) is 7.98. The monoisotopic (exact) mass is 766 g/mol. The van der Waals surface area contributed by atoms with E-state index in [1.807, 2.05) is 0 Å². The molecule has 0 saturated carbocycles. The number of allylic oxidation sites excluding steroid dienone is 1. The number of carbonyl (C=O) groups excluding carboxylic acids is 2. The number of rotatable bonds is 14. The highest BCUT2D eigenvalue weighted by Crippen LogP contribution is 2.44.